The van der Waals surface area contributed by atoms with E-state index >= 15 is 0 Å². The van der Waals surface area contributed by atoms with Gasteiger partial charge in [0.2, 0.25) is 0 Å². The fourth-order valence-corrected chi connectivity index (χ4v) is 3.42. The van der Waals surface area contributed by atoms with E-state index in [9.17, 15) is 19.2 Å². The number of aliphatic hydroxyl groups is 1. The number of aromatic nitrogens is 1. The molecule has 0 aliphatic heterocycles. The molecule has 250 valence electrons. The SMILES string of the molecule is C[C@@H](O)[C@H](N)C(=O)O.NCCCC[C@H](N)C(=O)O.N[C@@H](Cc1c[nH]c2ccccc12)C(=O)O.N[C@@H](Cc1ccccc1)C(=O)O. The van der Waals surface area contributed by atoms with Crippen LogP contribution in [0, 0.1) is 0 Å². The second-order valence-electron chi connectivity index (χ2n) is 9.98. The van der Waals surface area contributed by atoms with E-state index in [0.717, 1.165) is 34.9 Å². The molecule has 5 atom stereocenters. The molecule has 0 bridgehead atoms. The van der Waals surface area contributed by atoms with Gasteiger partial charge in [-0.3, -0.25) is 19.2 Å². The lowest BCUT2D eigenvalue weighted by Gasteiger charge is -2.06. The van der Waals surface area contributed by atoms with E-state index in [1.807, 2.05) is 60.8 Å². The normalized spacial score (nSPS) is 13.6. The molecule has 16 N–H and O–H groups in total. The number of rotatable bonds is 13. The van der Waals surface area contributed by atoms with Gasteiger partial charge in [0, 0.05) is 23.5 Å². The minimum Gasteiger partial charge on any atom is -0.480 e. The van der Waals surface area contributed by atoms with Crippen LogP contribution in [0.25, 0.3) is 10.9 Å². The Labute approximate surface area is 261 Å². The largest absolute Gasteiger partial charge is 0.480 e. The van der Waals surface area contributed by atoms with Crippen molar-refractivity contribution in [3.05, 3.63) is 71.9 Å². The number of hydrogen-bond donors (Lipinski definition) is 11. The van der Waals surface area contributed by atoms with Crippen molar-refractivity contribution in [1.29, 1.82) is 0 Å². The van der Waals surface area contributed by atoms with Crippen LogP contribution in [0.1, 0.15) is 37.3 Å². The van der Waals surface area contributed by atoms with Crippen LogP contribution in [0.3, 0.4) is 0 Å². The summed E-state index contributed by atoms with van der Waals surface area (Å²) in [5.41, 5.74) is 29.1. The van der Waals surface area contributed by atoms with Crippen LogP contribution in [-0.2, 0) is 32.0 Å². The Kier molecular flexibility index (Phi) is 20.0. The van der Waals surface area contributed by atoms with Gasteiger partial charge < -0.3 is 59.2 Å². The Balaban J connectivity index is 0.000000591. The summed E-state index contributed by atoms with van der Waals surface area (Å²) in [6.45, 7) is 1.94. The second-order valence-corrected chi connectivity index (χ2v) is 9.98. The van der Waals surface area contributed by atoms with Crippen molar-refractivity contribution < 1.29 is 44.7 Å². The molecule has 3 rings (SSSR count). The van der Waals surface area contributed by atoms with E-state index < -0.39 is 54.1 Å². The van der Waals surface area contributed by atoms with Gasteiger partial charge in [0.25, 0.3) is 0 Å². The number of aliphatic carboxylic acids is 4. The van der Waals surface area contributed by atoms with Gasteiger partial charge in [-0.2, -0.15) is 0 Å². The molecule has 3 aromatic rings. The number of carbonyl (C=O) groups is 4. The van der Waals surface area contributed by atoms with E-state index in [2.05, 4.69) is 4.98 Å². The fraction of sp³-hybridized carbons (Fsp3) is 0.400. The van der Waals surface area contributed by atoms with Gasteiger partial charge in [-0.25, -0.2) is 0 Å². The average molecular weight is 635 g/mol. The first kappa shape index (κ1) is 40.6. The Morgan fingerprint density at radius 2 is 1.22 bits per heavy atom. The molecule has 15 nitrogen and oxygen atoms in total. The number of nitrogens with one attached hydrogen (secondary N) is 1. The molecule has 2 aromatic carbocycles. The zero-order valence-electron chi connectivity index (χ0n) is 25.2. The predicted molar refractivity (Wildman–Crippen MR) is 169 cm³/mol. The summed E-state index contributed by atoms with van der Waals surface area (Å²) in [4.78, 5) is 44.1. The molecule has 0 amide bonds. The number of nitrogens with two attached hydrogens (primary N) is 5. The lowest BCUT2D eigenvalue weighted by atomic mass is 10.1. The third kappa shape index (κ3) is 17.5. The van der Waals surface area contributed by atoms with Crippen molar-refractivity contribution >= 4 is 34.8 Å². The monoisotopic (exact) mass is 634 g/mol. The molecule has 0 fully saturated rings. The molecule has 1 heterocycles. The summed E-state index contributed by atoms with van der Waals surface area (Å²) in [6.07, 6.45) is 3.73. The third-order valence-electron chi connectivity index (χ3n) is 6.14. The van der Waals surface area contributed by atoms with Crippen molar-refractivity contribution in [3.63, 3.8) is 0 Å². The minimum atomic E-state index is -1.18. The molecule has 0 aliphatic carbocycles. The van der Waals surface area contributed by atoms with Crippen molar-refractivity contribution in [2.24, 2.45) is 28.7 Å². The van der Waals surface area contributed by atoms with Crippen LogP contribution < -0.4 is 28.7 Å². The molecule has 0 saturated carbocycles. The number of aliphatic hydroxyl groups excluding tert-OH is 1. The summed E-state index contributed by atoms with van der Waals surface area (Å²) in [7, 11) is 0. The number of para-hydroxylation sites is 1. The smallest absolute Gasteiger partial charge is 0.323 e. The van der Waals surface area contributed by atoms with Crippen molar-refractivity contribution in [1.82, 2.24) is 4.98 Å². The van der Waals surface area contributed by atoms with E-state index in [0.29, 0.717) is 25.8 Å². The van der Waals surface area contributed by atoms with E-state index in [4.69, 9.17) is 54.2 Å². The first-order chi connectivity index (χ1) is 21.1. The number of fused-ring (bicyclic) bond motifs is 1. The maximum absolute atomic E-state index is 10.6. The molecule has 0 spiro atoms. The Hall–Kier alpha value is -4.38. The van der Waals surface area contributed by atoms with Crippen molar-refractivity contribution in [3.8, 4) is 0 Å². The van der Waals surface area contributed by atoms with Gasteiger partial charge >= 0.3 is 23.9 Å². The van der Waals surface area contributed by atoms with Gasteiger partial charge in [0.05, 0.1) is 6.10 Å². The first-order valence-electron chi connectivity index (χ1n) is 14.0. The van der Waals surface area contributed by atoms with Crippen LogP contribution in [0.2, 0.25) is 0 Å². The lowest BCUT2D eigenvalue weighted by molar-refractivity contribution is -0.141. The summed E-state index contributed by atoms with van der Waals surface area (Å²) in [5.74, 6) is -4.05. The van der Waals surface area contributed by atoms with Gasteiger partial charge in [-0.1, -0.05) is 55.0 Å². The van der Waals surface area contributed by atoms with Gasteiger partial charge in [-0.05, 0) is 49.9 Å². The fourth-order valence-electron chi connectivity index (χ4n) is 3.42. The van der Waals surface area contributed by atoms with Crippen LogP contribution in [-0.4, -0.2) is 91.2 Å². The Bertz CT molecular complexity index is 1300. The van der Waals surface area contributed by atoms with E-state index in [1.165, 1.54) is 6.92 Å². The summed E-state index contributed by atoms with van der Waals surface area (Å²) in [5, 5.41) is 43.2. The zero-order chi connectivity index (χ0) is 34.5. The number of benzene rings is 2. The number of H-pyrrole nitrogens is 1. The van der Waals surface area contributed by atoms with Gasteiger partial charge in [0.1, 0.15) is 24.2 Å². The van der Waals surface area contributed by atoms with Crippen LogP contribution in [0.4, 0.5) is 0 Å². The molecule has 0 saturated heterocycles. The Morgan fingerprint density at radius 3 is 1.69 bits per heavy atom. The topological polar surface area (TPSA) is 315 Å². The maximum atomic E-state index is 10.6. The van der Waals surface area contributed by atoms with Crippen molar-refractivity contribution in [2.45, 2.75) is 69.3 Å². The van der Waals surface area contributed by atoms with Gasteiger partial charge in [0.15, 0.2) is 0 Å². The maximum Gasteiger partial charge on any atom is 0.323 e. The highest BCUT2D eigenvalue weighted by Gasteiger charge is 2.16. The summed E-state index contributed by atoms with van der Waals surface area (Å²) >= 11 is 0. The number of carboxylic acid groups (broad SMARTS) is 4. The number of carboxylic acids is 4. The zero-order valence-corrected chi connectivity index (χ0v) is 25.2. The third-order valence-corrected chi connectivity index (χ3v) is 6.14. The molecular weight excluding hydrogens is 588 g/mol. The number of unbranched alkanes of at least 4 members (excludes halogenated alkanes) is 1. The quantitative estimate of drug-likeness (QED) is 0.111. The standard InChI is InChI=1S/C11H12N2O2.C9H11NO2.C6H14N2O2.C4H9NO3/c12-9(11(14)15)5-7-6-13-10-4-2-1-3-8(7)10;10-8(9(11)12)6-7-4-2-1-3-5-7;7-4-2-1-3-5(8)6(9)10;1-2(6)3(5)4(7)8/h1-4,6,9,13H,5,12H2,(H,14,15);1-5,8H,6,10H2,(H,11,12);5H,1-4,7-8H2,(H,9,10);2-3,6H,5H2,1H3,(H,7,8)/t9-;8-;5-;2-,3+/m0001/s1. The highest BCUT2D eigenvalue weighted by atomic mass is 16.4. The Morgan fingerprint density at radius 1 is 0.711 bits per heavy atom. The number of aromatic amines is 1. The van der Waals surface area contributed by atoms with Crippen LogP contribution in [0.15, 0.2) is 60.8 Å². The minimum absolute atomic E-state index is 0.347. The highest BCUT2D eigenvalue weighted by molar-refractivity contribution is 5.84. The lowest BCUT2D eigenvalue weighted by Crippen LogP contribution is -2.39. The van der Waals surface area contributed by atoms with Crippen LogP contribution in [0.5, 0.6) is 0 Å². The van der Waals surface area contributed by atoms with E-state index in [-0.39, 0.29) is 0 Å². The molecule has 0 unspecified atom stereocenters. The predicted octanol–water partition coefficient (Wildman–Crippen LogP) is 0.0697. The molecule has 0 radical (unpaired) electrons. The van der Waals surface area contributed by atoms with E-state index in [1.54, 1.807) is 0 Å². The first-order valence-corrected chi connectivity index (χ1v) is 14.0. The van der Waals surface area contributed by atoms with Gasteiger partial charge in [-0.15, -0.1) is 0 Å². The average Bonchev–Trinajstić information content (AvgIpc) is 3.40. The number of hydrogen-bond acceptors (Lipinski definition) is 10. The molecular formula is C30H46N6O9. The van der Waals surface area contributed by atoms with Crippen molar-refractivity contribution in [2.75, 3.05) is 6.54 Å². The summed E-state index contributed by atoms with van der Waals surface area (Å²) in [6, 6.07) is 13.6. The molecule has 1 aromatic heterocycles. The second kappa shape index (κ2) is 22.2. The molecule has 0 aliphatic rings. The van der Waals surface area contributed by atoms with Crippen LogP contribution >= 0.6 is 0 Å². The highest BCUT2D eigenvalue weighted by Crippen LogP contribution is 2.18. The molecule has 15 heteroatoms. The molecule has 45 heavy (non-hydrogen) atoms. The summed E-state index contributed by atoms with van der Waals surface area (Å²) < 4.78 is 0.